The maximum absolute atomic E-state index is 17.1. The molecule has 2 unspecified atom stereocenters. The van der Waals surface area contributed by atoms with Gasteiger partial charge in [0.15, 0.2) is 0 Å². The lowest BCUT2D eigenvalue weighted by molar-refractivity contribution is -0.150. The Bertz CT molecular complexity index is 7840. The normalized spacial score (nSPS) is 21.6. The molecule has 0 radical (unpaired) electrons. The van der Waals surface area contributed by atoms with Gasteiger partial charge in [0.25, 0.3) is 0 Å². The summed E-state index contributed by atoms with van der Waals surface area (Å²) in [5.74, 6) is -2.40. The molecule has 28 aromatic rings. The third-order valence-corrected chi connectivity index (χ3v) is 28.9. The van der Waals surface area contributed by atoms with Crippen molar-refractivity contribution < 1.29 is 47.7 Å². The second-order valence-corrected chi connectivity index (χ2v) is 30.2. The Hall–Kier alpha value is -10.3. The number of carbonyl (C=O) groups excluding carboxylic acids is 5. The Morgan fingerprint density at radius 1 is 0.283 bits per heavy atom. The van der Waals surface area contributed by atoms with Crippen molar-refractivity contribution in [2.45, 2.75) is 22.9 Å². The monoisotopic (exact) mass is 1180 g/mol. The van der Waals surface area contributed by atoms with E-state index in [-0.39, 0.29) is 51.8 Å². The van der Waals surface area contributed by atoms with Gasteiger partial charge in [-0.25, -0.2) is 0 Å². The standard InChI is InChI=1S/C79H31N3O10/c1-88-14(83)9-80(10-15(84)89-2)6-7-82-13(8-81(11-16(85)90-3)12-17(86)91-4)78-72-64-56-46-36-28-20-18-19-22-26-24(20)32-40-34(26)44-38-30(22)31-23(19)27-25-21(18)29(28)37-43-33(25)41-35(27)45-39(31)49-48(38)58-52(44)62-54(40)60(50(56)42(32)36)66(72)68(62)74-70(58)71-59(49)53(45)63-55(41)61-51(43)57(47(37)46)65(64)73(78)67(61)69(63)75(71)79(74,78)76(82)77(87)92-5/h13,76H,6-12H2,1-5H3. The van der Waals surface area contributed by atoms with E-state index in [2.05, 4.69) is 4.90 Å². The van der Waals surface area contributed by atoms with Crippen LogP contribution in [0.5, 0.6) is 0 Å². The van der Waals surface area contributed by atoms with Crippen LogP contribution in [0, 0.1) is 0 Å². The number of rotatable bonds is 14. The Labute approximate surface area is 507 Å². The first-order valence-electron chi connectivity index (χ1n) is 32.5. The Morgan fingerprint density at radius 2 is 0.478 bits per heavy atom. The van der Waals surface area contributed by atoms with Crippen LogP contribution in [-0.4, -0.2) is 138 Å². The minimum absolute atomic E-state index is 0.130. The first-order chi connectivity index (χ1) is 45.2. The molecule has 0 saturated carbocycles. The second kappa shape index (κ2) is 10.8. The SMILES string of the molecule is COC(=O)CN(CCN1C(CN(CC(=O)OC)CC(=O)OC)C23c4c5c6c7c8c9c(c%10c%11c2c2c4c4c%12c5c5c6c6c8c8c%13c9c9c%10c%10c%11c%11c2c2c4c4c%12c%12c5c5c6c8c6c8c%13c9c9c%10c%10c%11c2c2c4c4c%12c5c6c5c8c9c%10c2c45)C73C1C(=O)OC)CC(=O)OC. The van der Waals surface area contributed by atoms with E-state index in [1.807, 2.05) is 4.90 Å². The summed E-state index contributed by atoms with van der Waals surface area (Å²) in [6.45, 7) is -0.416. The van der Waals surface area contributed by atoms with Crippen LogP contribution in [0.2, 0.25) is 0 Å². The third kappa shape index (κ3) is 2.77. The molecule has 1 aliphatic heterocycles. The minimum Gasteiger partial charge on any atom is -0.468 e. The number of ether oxygens (including phenoxy) is 5. The lowest BCUT2D eigenvalue weighted by Crippen LogP contribution is -2.59. The summed E-state index contributed by atoms with van der Waals surface area (Å²) in [6.07, 6.45) is 0. The highest BCUT2D eigenvalue weighted by molar-refractivity contribution is 6.82. The van der Waals surface area contributed by atoms with Crippen LogP contribution < -0.4 is 0 Å². The van der Waals surface area contributed by atoms with Crippen LogP contribution in [-0.2, 0) is 58.5 Å². The van der Waals surface area contributed by atoms with E-state index in [1.54, 1.807) is 12.0 Å². The number of esters is 5. The van der Waals surface area contributed by atoms with E-state index >= 15 is 4.79 Å². The number of benzene rings is 18. The predicted octanol–water partition coefficient (Wildman–Crippen LogP) is 13.8. The highest BCUT2D eigenvalue weighted by Crippen LogP contribution is 2.87. The van der Waals surface area contributed by atoms with Crippen molar-refractivity contribution >= 4 is 321 Å². The molecule has 0 aromatic heterocycles. The van der Waals surface area contributed by atoms with E-state index < -0.39 is 46.8 Å². The fourth-order valence-corrected chi connectivity index (χ4v) is 28.0. The zero-order chi connectivity index (χ0) is 58.7. The van der Waals surface area contributed by atoms with Gasteiger partial charge in [0.1, 0.15) is 6.04 Å². The summed E-state index contributed by atoms with van der Waals surface area (Å²) in [5.41, 5.74) is 2.73. The van der Waals surface area contributed by atoms with Crippen LogP contribution in [0.15, 0.2) is 0 Å². The largest absolute Gasteiger partial charge is 0.468 e. The van der Waals surface area contributed by atoms with Crippen molar-refractivity contribution in [3.05, 3.63) is 22.3 Å². The van der Waals surface area contributed by atoms with Gasteiger partial charge in [0, 0.05) is 25.7 Å². The molecule has 13 nitrogen and oxygen atoms in total. The molecule has 2 spiro atoms. The molecule has 28 aromatic carbocycles. The maximum atomic E-state index is 17.1. The molecule has 5 aliphatic rings. The topological polar surface area (TPSA) is 141 Å². The zero-order valence-corrected chi connectivity index (χ0v) is 49.0. The lowest BCUT2D eigenvalue weighted by atomic mass is 9.46. The molecular weight excluding hydrogens is 1150 g/mol. The van der Waals surface area contributed by atoms with Crippen molar-refractivity contribution in [1.29, 1.82) is 0 Å². The first kappa shape index (κ1) is 41.9. The second-order valence-electron chi connectivity index (χ2n) is 30.2. The van der Waals surface area contributed by atoms with E-state index in [4.69, 9.17) is 23.7 Å². The molecule has 0 bridgehead atoms. The molecule has 92 heavy (non-hydrogen) atoms. The summed E-state index contributed by atoms with van der Waals surface area (Å²) < 4.78 is 28.4. The number of hydrogen-bond donors (Lipinski definition) is 0. The predicted molar refractivity (Wildman–Crippen MR) is 361 cm³/mol. The van der Waals surface area contributed by atoms with Crippen LogP contribution in [0.25, 0.3) is 291 Å². The van der Waals surface area contributed by atoms with Gasteiger partial charge in [-0.2, -0.15) is 0 Å². The van der Waals surface area contributed by atoms with Crippen molar-refractivity contribution in [3.63, 3.8) is 0 Å². The van der Waals surface area contributed by atoms with Gasteiger partial charge < -0.3 is 23.7 Å². The summed E-state index contributed by atoms with van der Waals surface area (Å²) in [6, 6.07) is -1.71. The van der Waals surface area contributed by atoms with Crippen LogP contribution in [0.4, 0.5) is 0 Å². The molecule has 0 N–H and O–H groups in total. The van der Waals surface area contributed by atoms with E-state index in [9.17, 15) is 19.2 Å². The van der Waals surface area contributed by atoms with Crippen LogP contribution in [0.3, 0.4) is 0 Å². The van der Waals surface area contributed by atoms with Gasteiger partial charge in [-0.15, -0.1) is 0 Å². The third-order valence-electron chi connectivity index (χ3n) is 28.9. The average Bonchev–Trinajstić information content (AvgIpc) is 1.38. The van der Waals surface area contributed by atoms with Gasteiger partial charge in [0.05, 0.1) is 72.6 Å². The molecular formula is C79H31N3O10. The summed E-state index contributed by atoms with van der Waals surface area (Å²) in [4.78, 5) is 79.0. The smallest absolute Gasteiger partial charge is 0.324 e. The van der Waals surface area contributed by atoms with E-state index in [1.165, 1.54) is 342 Å². The molecule has 4 aliphatic carbocycles. The molecule has 13 heteroatoms. The number of methoxy groups -OCH3 is 5. The van der Waals surface area contributed by atoms with Gasteiger partial charge >= 0.3 is 29.8 Å². The molecule has 1 saturated heterocycles. The van der Waals surface area contributed by atoms with Gasteiger partial charge in [-0.1, -0.05) is 0 Å². The highest BCUT2D eigenvalue weighted by atomic mass is 16.5. The number of nitrogens with zero attached hydrogens (tertiary/aromatic N) is 3. The van der Waals surface area contributed by atoms with Gasteiger partial charge in [-0.05, 0) is 313 Å². The zero-order valence-electron chi connectivity index (χ0n) is 49.0. The summed E-state index contributed by atoms with van der Waals surface area (Å²) in [5, 5.41) is 76.5. The lowest BCUT2D eigenvalue weighted by Gasteiger charge is -2.53. The number of likely N-dealkylation sites (tertiary alicyclic amines) is 1. The molecule has 2 atom stereocenters. The Balaban J connectivity index is 0.936. The van der Waals surface area contributed by atoms with Gasteiger partial charge in [0.2, 0.25) is 0 Å². The fraction of sp³-hybridized carbons (Fsp3) is 0.203. The van der Waals surface area contributed by atoms with Gasteiger partial charge in [-0.3, -0.25) is 38.7 Å². The van der Waals surface area contributed by atoms with Crippen LogP contribution >= 0.6 is 0 Å². The fourth-order valence-electron chi connectivity index (χ4n) is 28.0. The highest BCUT2D eigenvalue weighted by Gasteiger charge is 2.81. The van der Waals surface area contributed by atoms with Crippen molar-refractivity contribution in [2.75, 3.05) is 81.4 Å². The maximum Gasteiger partial charge on any atom is 0.324 e. The molecule has 1 fully saturated rings. The molecule has 33 rings (SSSR count). The number of hydrogen-bond acceptors (Lipinski definition) is 13. The van der Waals surface area contributed by atoms with E-state index in [0.29, 0.717) is 0 Å². The average molecular weight is 1180 g/mol. The van der Waals surface area contributed by atoms with Crippen molar-refractivity contribution in [2.24, 2.45) is 0 Å². The molecule has 0 amide bonds. The molecule has 1 heterocycles. The summed E-state index contributed by atoms with van der Waals surface area (Å²) in [7, 11) is 7.03. The molecule has 422 valence electrons. The van der Waals surface area contributed by atoms with Crippen LogP contribution in [0.1, 0.15) is 22.3 Å². The Kier molecular flexibility index (Phi) is 4.92. The Morgan fingerprint density at radius 3 is 0.685 bits per heavy atom. The first-order valence-corrected chi connectivity index (χ1v) is 32.5. The minimum atomic E-state index is -1.20. The van der Waals surface area contributed by atoms with E-state index in [0.717, 1.165) is 0 Å². The summed E-state index contributed by atoms with van der Waals surface area (Å²) >= 11 is 0. The van der Waals surface area contributed by atoms with Crippen molar-refractivity contribution in [3.8, 4) is 0 Å². The van der Waals surface area contributed by atoms with Crippen molar-refractivity contribution in [1.82, 2.24) is 14.7 Å². The number of carbonyl (C=O) groups is 5. The quantitative estimate of drug-likeness (QED) is 0.0580.